The number of nitrogens with zero attached hydrogens (tertiary/aromatic N) is 1. The number of benzene rings is 1. The van der Waals surface area contributed by atoms with Crippen LogP contribution >= 0.6 is 0 Å². The number of aliphatic hydroxyl groups is 1. The molecule has 4 fully saturated rings. The van der Waals surface area contributed by atoms with Gasteiger partial charge in [-0.3, -0.25) is 9.69 Å². The van der Waals surface area contributed by atoms with Gasteiger partial charge in [0.2, 0.25) is 5.91 Å². The summed E-state index contributed by atoms with van der Waals surface area (Å²) in [6, 6.07) is 7.82. The first kappa shape index (κ1) is 18.0. The highest BCUT2D eigenvalue weighted by Crippen LogP contribution is 2.58. The van der Waals surface area contributed by atoms with Gasteiger partial charge in [-0.05, 0) is 82.4 Å². The van der Waals surface area contributed by atoms with Gasteiger partial charge in [0.15, 0.2) is 0 Å². The summed E-state index contributed by atoms with van der Waals surface area (Å²) in [6.07, 6.45) is 5.96. The van der Waals surface area contributed by atoms with E-state index in [4.69, 9.17) is 0 Å². The average molecular weight is 357 g/mol. The standard InChI is InChI=1S/C22H32N2O2/c1-14-4-6-17(7-5-14)20(24(2)3)21(25)23-13-22(26)18-9-15-8-16(11-18)12-19(22)10-15/h4-7,15-16,18-20,26H,8-13H2,1-3H3,(H,23,25)/t15?,16?,18?,19?,20-,22?/m0/s1. The van der Waals surface area contributed by atoms with Gasteiger partial charge in [-0.15, -0.1) is 0 Å². The van der Waals surface area contributed by atoms with E-state index in [0.717, 1.165) is 43.1 Å². The zero-order valence-corrected chi connectivity index (χ0v) is 16.2. The number of carbonyl (C=O) groups is 1. The van der Waals surface area contributed by atoms with Gasteiger partial charge in [-0.2, -0.15) is 0 Å². The van der Waals surface area contributed by atoms with E-state index in [1.807, 2.05) is 43.3 Å². The van der Waals surface area contributed by atoms with Crippen LogP contribution in [0.1, 0.15) is 49.3 Å². The number of hydrogen-bond acceptors (Lipinski definition) is 3. The van der Waals surface area contributed by atoms with Crippen LogP contribution in [-0.4, -0.2) is 42.2 Å². The Morgan fingerprint density at radius 2 is 1.65 bits per heavy atom. The van der Waals surface area contributed by atoms with E-state index in [1.54, 1.807) is 0 Å². The molecule has 1 atom stereocenters. The number of carbonyl (C=O) groups excluding carboxylic acids is 1. The second kappa shape index (κ2) is 6.65. The van der Waals surface area contributed by atoms with Crippen molar-refractivity contribution in [2.75, 3.05) is 20.6 Å². The van der Waals surface area contributed by atoms with Crippen molar-refractivity contribution in [2.45, 2.75) is 50.7 Å². The maximum atomic E-state index is 13.0. The van der Waals surface area contributed by atoms with Crippen molar-refractivity contribution >= 4 is 5.91 Å². The fourth-order valence-corrected chi connectivity index (χ4v) is 6.05. The van der Waals surface area contributed by atoms with Crippen molar-refractivity contribution < 1.29 is 9.90 Å². The van der Waals surface area contributed by atoms with Crippen molar-refractivity contribution in [1.29, 1.82) is 0 Å². The average Bonchev–Trinajstić information content (AvgIpc) is 2.59. The maximum absolute atomic E-state index is 13.0. The summed E-state index contributed by atoms with van der Waals surface area (Å²) in [5.41, 5.74) is 1.48. The van der Waals surface area contributed by atoms with Gasteiger partial charge in [0, 0.05) is 6.54 Å². The monoisotopic (exact) mass is 356 g/mol. The number of rotatable bonds is 5. The van der Waals surface area contributed by atoms with Crippen molar-refractivity contribution in [3.8, 4) is 0 Å². The first-order valence-corrected chi connectivity index (χ1v) is 10.1. The van der Waals surface area contributed by atoms with Gasteiger partial charge >= 0.3 is 0 Å². The molecule has 0 unspecified atom stereocenters. The summed E-state index contributed by atoms with van der Waals surface area (Å²) in [5, 5.41) is 14.6. The van der Waals surface area contributed by atoms with Gasteiger partial charge < -0.3 is 10.4 Å². The number of aryl methyl sites for hydroxylation is 1. The third-order valence-electron chi connectivity index (χ3n) is 7.26. The second-order valence-corrected chi connectivity index (χ2v) is 9.29. The van der Waals surface area contributed by atoms with Crippen LogP contribution in [0.3, 0.4) is 0 Å². The van der Waals surface area contributed by atoms with Crippen LogP contribution in [0.4, 0.5) is 0 Å². The Labute approximate surface area is 157 Å². The summed E-state index contributed by atoms with van der Waals surface area (Å²) in [4.78, 5) is 14.9. The first-order valence-electron chi connectivity index (χ1n) is 10.1. The third kappa shape index (κ3) is 3.07. The minimum absolute atomic E-state index is 0.0129. The smallest absolute Gasteiger partial charge is 0.242 e. The number of hydrogen-bond donors (Lipinski definition) is 2. The molecule has 0 aliphatic heterocycles. The van der Waals surface area contributed by atoms with Crippen molar-refractivity contribution in [3.05, 3.63) is 35.4 Å². The van der Waals surface area contributed by atoms with Crippen LogP contribution in [-0.2, 0) is 4.79 Å². The quantitative estimate of drug-likeness (QED) is 0.853. The molecule has 1 amide bonds. The molecule has 4 aliphatic carbocycles. The lowest BCUT2D eigenvalue weighted by molar-refractivity contribution is -0.171. The third-order valence-corrected chi connectivity index (χ3v) is 7.26. The molecule has 4 heteroatoms. The minimum atomic E-state index is -0.701. The molecule has 0 saturated heterocycles. The normalized spacial score (nSPS) is 36.3. The van der Waals surface area contributed by atoms with Crippen LogP contribution in [0.2, 0.25) is 0 Å². The Morgan fingerprint density at radius 3 is 2.15 bits per heavy atom. The van der Waals surface area contributed by atoms with Crippen LogP contribution in [0.15, 0.2) is 24.3 Å². The predicted octanol–water partition coefficient (Wildman–Crippen LogP) is 2.90. The fourth-order valence-electron chi connectivity index (χ4n) is 6.05. The van der Waals surface area contributed by atoms with Gasteiger partial charge in [-0.25, -0.2) is 0 Å². The molecular formula is C22H32N2O2. The first-order chi connectivity index (χ1) is 12.4. The van der Waals surface area contributed by atoms with E-state index >= 15 is 0 Å². The van der Waals surface area contributed by atoms with E-state index in [0.29, 0.717) is 18.4 Å². The number of nitrogens with one attached hydrogen (secondary N) is 1. The predicted molar refractivity (Wildman–Crippen MR) is 103 cm³/mol. The molecule has 26 heavy (non-hydrogen) atoms. The highest BCUT2D eigenvalue weighted by molar-refractivity contribution is 5.83. The van der Waals surface area contributed by atoms with E-state index in [-0.39, 0.29) is 11.9 Å². The molecule has 4 saturated carbocycles. The molecule has 4 bridgehead atoms. The summed E-state index contributed by atoms with van der Waals surface area (Å²) < 4.78 is 0. The zero-order valence-electron chi connectivity index (χ0n) is 16.2. The van der Waals surface area contributed by atoms with Crippen molar-refractivity contribution in [2.24, 2.45) is 23.7 Å². The largest absolute Gasteiger partial charge is 0.387 e. The SMILES string of the molecule is Cc1ccc([C@@H](C(=O)NCC2(O)C3CC4CC(C3)CC2C4)N(C)C)cc1. The Hall–Kier alpha value is -1.39. The lowest BCUT2D eigenvalue weighted by Crippen LogP contribution is -2.62. The molecule has 0 spiro atoms. The molecule has 1 aromatic carbocycles. The maximum Gasteiger partial charge on any atom is 0.242 e. The summed E-state index contributed by atoms with van der Waals surface area (Å²) >= 11 is 0. The topological polar surface area (TPSA) is 52.6 Å². The second-order valence-electron chi connectivity index (χ2n) is 9.29. The fraction of sp³-hybridized carbons (Fsp3) is 0.682. The Morgan fingerprint density at radius 1 is 1.12 bits per heavy atom. The molecule has 0 aromatic heterocycles. The Kier molecular flexibility index (Phi) is 4.60. The molecule has 0 radical (unpaired) electrons. The van der Waals surface area contributed by atoms with Crippen LogP contribution in [0.5, 0.6) is 0 Å². The Balaban J connectivity index is 1.46. The van der Waals surface area contributed by atoms with Crippen LogP contribution < -0.4 is 5.32 Å². The summed E-state index contributed by atoms with van der Waals surface area (Å²) in [5.74, 6) is 2.36. The van der Waals surface area contributed by atoms with Crippen LogP contribution in [0, 0.1) is 30.6 Å². The minimum Gasteiger partial charge on any atom is -0.387 e. The Bertz CT molecular complexity index is 639. The molecule has 142 valence electrons. The molecular weight excluding hydrogens is 324 g/mol. The lowest BCUT2D eigenvalue weighted by Gasteiger charge is -2.59. The van der Waals surface area contributed by atoms with Crippen LogP contribution in [0.25, 0.3) is 0 Å². The molecule has 4 aliphatic rings. The van der Waals surface area contributed by atoms with Gasteiger partial charge in [0.1, 0.15) is 6.04 Å². The highest BCUT2D eigenvalue weighted by Gasteiger charge is 2.56. The summed E-state index contributed by atoms with van der Waals surface area (Å²) in [7, 11) is 3.86. The highest BCUT2D eigenvalue weighted by atomic mass is 16.3. The van der Waals surface area contributed by atoms with Crippen molar-refractivity contribution in [3.63, 3.8) is 0 Å². The number of likely N-dealkylation sites (N-methyl/N-ethyl adjacent to an activating group) is 1. The molecule has 0 heterocycles. The van der Waals surface area contributed by atoms with E-state index in [1.165, 1.54) is 12.0 Å². The lowest BCUT2D eigenvalue weighted by atomic mass is 9.50. The van der Waals surface area contributed by atoms with E-state index < -0.39 is 5.60 Å². The molecule has 5 rings (SSSR count). The summed E-state index contributed by atoms with van der Waals surface area (Å²) in [6.45, 7) is 2.45. The van der Waals surface area contributed by atoms with Gasteiger partial charge in [0.05, 0.1) is 5.60 Å². The molecule has 1 aromatic rings. The zero-order chi connectivity index (χ0) is 18.5. The number of amides is 1. The van der Waals surface area contributed by atoms with Gasteiger partial charge in [0.25, 0.3) is 0 Å². The van der Waals surface area contributed by atoms with Gasteiger partial charge in [-0.1, -0.05) is 29.8 Å². The van der Waals surface area contributed by atoms with E-state index in [2.05, 4.69) is 12.2 Å². The van der Waals surface area contributed by atoms with Crippen molar-refractivity contribution in [1.82, 2.24) is 10.2 Å². The molecule has 2 N–H and O–H groups in total. The van der Waals surface area contributed by atoms with E-state index in [9.17, 15) is 9.90 Å². The molecule has 4 nitrogen and oxygen atoms in total.